The van der Waals surface area contributed by atoms with Gasteiger partial charge in [0.15, 0.2) is 0 Å². The lowest BCUT2D eigenvalue weighted by atomic mass is 10.2. The van der Waals surface area contributed by atoms with Gasteiger partial charge in [-0.1, -0.05) is 0 Å². The molecule has 2 unspecified atom stereocenters. The molecule has 2 aliphatic rings. The van der Waals surface area contributed by atoms with Gasteiger partial charge in [-0.25, -0.2) is 0 Å². The Balaban J connectivity index is 1.50. The number of morpholine rings is 1. The minimum absolute atomic E-state index is 0.0150. The molecule has 26 heavy (non-hydrogen) atoms. The van der Waals surface area contributed by atoms with E-state index < -0.39 is 0 Å². The summed E-state index contributed by atoms with van der Waals surface area (Å²) >= 11 is 0. The van der Waals surface area contributed by atoms with Crippen LogP contribution < -0.4 is 0 Å². The molecule has 2 atom stereocenters. The number of rotatable bonds is 3. The van der Waals surface area contributed by atoms with Gasteiger partial charge < -0.3 is 19.0 Å². The van der Waals surface area contributed by atoms with Crippen molar-refractivity contribution in [3.05, 3.63) is 23.2 Å². The number of carbonyl (C=O) groups excluding carboxylic acids is 2. The molecular weight excluding hydrogens is 334 g/mol. The quantitative estimate of drug-likeness (QED) is 0.810. The molecule has 0 saturated carbocycles. The van der Waals surface area contributed by atoms with Gasteiger partial charge in [0.1, 0.15) is 11.5 Å². The van der Waals surface area contributed by atoms with Gasteiger partial charge in [0.05, 0.1) is 24.3 Å². The second-order valence-corrected chi connectivity index (χ2v) is 7.45. The third-order valence-electron chi connectivity index (χ3n) is 5.06. The first-order valence-electron chi connectivity index (χ1n) is 9.35. The van der Waals surface area contributed by atoms with Crippen molar-refractivity contribution in [2.24, 2.45) is 0 Å². The molecule has 2 aliphatic heterocycles. The van der Waals surface area contributed by atoms with Crippen LogP contribution in [0.15, 0.2) is 10.5 Å². The standard InChI is InChI=1S/C19H29N3O4/c1-13-9-17(16(4)26-13)19(24)21-7-5-20(6-8-21)12-18(23)22-10-14(2)25-15(3)11-22/h9,14-15H,5-8,10-12H2,1-4H3. The van der Waals surface area contributed by atoms with Crippen LogP contribution in [0.3, 0.4) is 0 Å². The molecule has 7 heteroatoms. The summed E-state index contributed by atoms with van der Waals surface area (Å²) in [4.78, 5) is 31.1. The van der Waals surface area contributed by atoms with Crippen LogP contribution in [0, 0.1) is 13.8 Å². The zero-order chi connectivity index (χ0) is 18.8. The van der Waals surface area contributed by atoms with Crippen LogP contribution in [0.4, 0.5) is 0 Å². The number of hydrogen-bond donors (Lipinski definition) is 0. The fraction of sp³-hybridized carbons (Fsp3) is 0.684. The molecule has 3 rings (SSSR count). The molecule has 2 amide bonds. The lowest BCUT2D eigenvalue weighted by Crippen LogP contribution is -2.54. The van der Waals surface area contributed by atoms with E-state index in [-0.39, 0.29) is 24.0 Å². The van der Waals surface area contributed by atoms with E-state index in [2.05, 4.69) is 4.90 Å². The molecule has 3 heterocycles. The summed E-state index contributed by atoms with van der Waals surface area (Å²) in [5.41, 5.74) is 0.642. The number of carbonyl (C=O) groups is 2. The van der Waals surface area contributed by atoms with Crippen molar-refractivity contribution in [1.29, 1.82) is 0 Å². The molecular formula is C19H29N3O4. The Labute approximate surface area is 154 Å². The predicted octanol–water partition coefficient (Wildman–Crippen LogP) is 1.29. The Morgan fingerprint density at radius 3 is 2.19 bits per heavy atom. The Kier molecular flexibility index (Phi) is 5.67. The van der Waals surface area contributed by atoms with Crippen molar-refractivity contribution in [1.82, 2.24) is 14.7 Å². The molecule has 0 aliphatic carbocycles. The van der Waals surface area contributed by atoms with E-state index in [0.29, 0.717) is 57.1 Å². The van der Waals surface area contributed by atoms with Crippen molar-refractivity contribution < 1.29 is 18.7 Å². The average Bonchev–Trinajstić information content (AvgIpc) is 2.92. The van der Waals surface area contributed by atoms with E-state index in [1.807, 2.05) is 37.5 Å². The van der Waals surface area contributed by atoms with Crippen LogP contribution in [-0.2, 0) is 9.53 Å². The first kappa shape index (κ1) is 18.9. The van der Waals surface area contributed by atoms with Crippen molar-refractivity contribution in [3.63, 3.8) is 0 Å². The topological polar surface area (TPSA) is 66.2 Å². The second-order valence-electron chi connectivity index (χ2n) is 7.45. The van der Waals surface area contributed by atoms with E-state index in [4.69, 9.17) is 9.15 Å². The van der Waals surface area contributed by atoms with E-state index in [1.165, 1.54) is 0 Å². The monoisotopic (exact) mass is 363 g/mol. The van der Waals surface area contributed by atoms with Gasteiger partial charge in [-0.3, -0.25) is 14.5 Å². The maximum Gasteiger partial charge on any atom is 0.257 e. The molecule has 144 valence electrons. The first-order chi connectivity index (χ1) is 12.3. The minimum Gasteiger partial charge on any atom is -0.466 e. The highest BCUT2D eigenvalue weighted by atomic mass is 16.5. The molecule has 1 aromatic heterocycles. The molecule has 0 radical (unpaired) electrons. The smallest absolute Gasteiger partial charge is 0.257 e. The largest absolute Gasteiger partial charge is 0.466 e. The number of furan rings is 1. The van der Waals surface area contributed by atoms with Gasteiger partial charge in [-0.05, 0) is 33.8 Å². The number of hydrogen-bond acceptors (Lipinski definition) is 5. The summed E-state index contributed by atoms with van der Waals surface area (Å²) in [6.45, 7) is 12.1. The van der Waals surface area contributed by atoms with Crippen LogP contribution >= 0.6 is 0 Å². The molecule has 2 fully saturated rings. The second kappa shape index (κ2) is 7.80. The molecule has 0 spiro atoms. The maximum absolute atomic E-state index is 12.6. The number of piperazine rings is 1. The SMILES string of the molecule is Cc1cc(C(=O)N2CCN(CC(=O)N3CC(C)OC(C)C3)CC2)c(C)o1. The summed E-state index contributed by atoms with van der Waals surface area (Å²) in [5.74, 6) is 1.58. The zero-order valence-corrected chi connectivity index (χ0v) is 16.2. The Morgan fingerprint density at radius 2 is 1.65 bits per heavy atom. The zero-order valence-electron chi connectivity index (χ0n) is 16.2. The summed E-state index contributed by atoms with van der Waals surface area (Å²) in [6.07, 6.45) is 0.164. The third-order valence-corrected chi connectivity index (χ3v) is 5.06. The Morgan fingerprint density at radius 1 is 1.04 bits per heavy atom. The lowest BCUT2D eigenvalue weighted by Gasteiger charge is -2.38. The molecule has 1 aromatic rings. The number of amides is 2. The van der Waals surface area contributed by atoms with Crippen LogP contribution in [0.1, 0.15) is 35.7 Å². The summed E-state index contributed by atoms with van der Waals surface area (Å²) in [5, 5.41) is 0. The van der Waals surface area contributed by atoms with E-state index in [1.54, 1.807) is 6.07 Å². The Bertz CT molecular complexity index is 654. The number of ether oxygens (including phenoxy) is 1. The molecule has 7 nitrogen and oxygen atoms in total. The van der Waals surface area contributed by atoms with Gasteiger partial charge in [0.2, 0.25) is 5.91 Å². The van der Waals surface area contributed by atoms with Crippen molar-refractivity contribution in [3.8, 4) is 0 Å². The highest BCUT2D eigenvalue weighted by molar-refractivity contribution is 5.95. The van der Waals surface area contributed by atoms with Gasteiger partial charge in [-0.15, -0.1) is 0 Å². The van der Waals surface area contributed by atoms with Crippen LogP contribution in [0.25, 0.3) is 0 Å². The highest BCUT2D eigenvalue weighted by Crippen LogP contribution is 2.17. The fourth-order valence-electron chi connectivity index (χ4n) is 3.80. The minimum atomic E-state index is 0.0150. The third kappa shape index (κ3) is 4.27. The van der Waals surface area contributed by atoms with E-state index in [0.717, 1.165) is 5.76 Å². The van der Waals surface area contributed by atoms with Crippen molar-refractivity contribution in [2.45, 2.75) is 39.9 Å². The molecule has 2 saturated heterocycles. The number of aryl methyl sites for hydroxylation is 2. The van der Waals surface area contributed by atoms with Crippen LogP contribution in [-0.4, -0.2) is 84.5 Å². The number of nitrogens with zero attached hydrogens (tertiary/aromatic N) is 3. The molecule has 0 aromatic carbocycles. The van der Waals surface area contributed by atoms with Crippen molar-refractivity contribution in [2.75, 3.05) is 45.8 Å². The lowest BCUT2D eigenvalue weighted by molar-refractivity contribution is -0.144. The summed E-state index contributed by atoms with van der Waals surface area (Å²) < 4.78 is 11.2. The predicted molar refractivity (Wildman–Crippen MR) is 97.1 cm³/mol. The summed E-state index contributed by atoms with van der Waals surface area (Å²) in [6, 6.07) is 1.80. The van der Waals surface area contributed by atoms with Gasteiger partial charge in [0, 0.05) is 39.3 Å². The summed E-state index contributed by atoms with van der Waals surface area (Å²) in [7, 11) is 0. The fourth-order valence-corrected chi connectivity index (χ4v) is 3.80. The Hall–Kier alpha value is -1.86. The van der Waals surface area contributed by atoms with Gasteiger partial charge in [-0.2, -0.15) is 0 Å². The average molecular weight is 363 g/mol. The van der Waals surface area contributed by atoms with Gasteiger partial charge in [0.25, 0.3) is 5.91 Å². The van der Waals surface area contributed by atoms with Crippen molar-refractivity contribution >= 4 is 11.8 Å². The molecule has 0 bridgehead atoms. The normalized spacial score (nSPS) is 24.8. The van der Waals surface area contributed by atoms with Crippen LogP contribution in [0.5, 0.6) is 0 Å². The van der Waals surface area contributed by atoms with Crippen LogP contribution in [0.2, 0.25) is 0 Å². The van der Waals surface area contributed by atoms with E-state index in [9.17, 15) is 9.59 Å². The highest BCUT2D eigenvalue weighted by Gasteiger charge is 2.29. The molecule has 0 N–H and O–H groups in total. The maximum atomic E-state index is 12.6. The van der Waals surface area contributed by atoms with E-state index >= 15 is 0 Å². The van der Waals surface area contributed by atoms with Gasteiger partial charge >= 0.3 is 0 Å². The first-order valence-corrected chi connectivity index (χ1v) is 9.35.